The molecule has 1 unspecified atom stereocenters. The molecule has 3 aromatic heterocycles. The minimum absolute atomic E-state index is 0.120. The number of carbonyl (C=O) groups excluding carboxylic acids is 1. The van der Waals surface area contributed by atoms with Gasteiger partial charge in [-0.05, 0) is 37.9 Å². The van der Waals surface area contributed by atoms with Crippen molar-refractivity contribution in [2.24, 2.45) is 0 Å². The van der Waals surface area contributed by atoms with Crippen molar-refractivity contribution in [3.8, 4) is 0 Å². The Morgan fingerprint density at radius 1 is 1.16 bits per heavy atom. The number of aromatic amines is 1. The highest BCUT2D eigenvalue weighted by molar-refractivity contribution is 5.92. The van der Waals surface area contributed by atoms with Crippen molar-refractivity contribution >= 4 is 17.2 Å². The smallest absolute Gasteiger partial charge is 0.291 e. The van der Waals surface area contributed by atoms with E-state index in [0.717, 1.165) is 56.8 Å². The van der Waals surface area contributed by atoms with Crippen LogP contribution in [0.25, 0.3) is 5.65 Å². The van der Waals surface area contributed by atoms with Crippen molar-refractivity contribution in [3.05, 3.63) is 58.7 Å². The molecule has 5 rings (SSSR count). The Kier molecular flexibility index (Phi) is 5.19. The summed E-state index contributed by atoms with van der Waals surface area (Å²) in [5, 5.41) is 2.60. The summed E-state index contributed by atoms with van der Waals surface area (Å²) in [6, 6.07) is 4.32. The summed E-state index contributed by atoms with van der Waals surface area (Å²) in [6.07, 6.45) is 10.5. The first kappa shape index (κ1) is 19.7. The largest absolute Gasteiger partial charge is 0.370 e. The van der Waals surface area contributed by atoms with E-state index in [1.807, 2.05) is 22.9 Å². The maximum Gasteiger partial charge on any atom is 0.291 e. The Labute approximate surface area is 180 Å². The lowest BCUT2D eigenvalue weighted by Gasteiger charge is -2.37. The second-order valence-corrected chi connectivity index (χ2v) is 8.38. The molecule has 0 saturated carbocycles. The lowest BCUT2D eigenvalue weighted by atomic mass is 10.0. The molecule has 3 aromatic rings. The second kappa shape index (κ2) is 8.14. The molecule has 9 nitrogen and oxygen atoms in total. The zero-order valence-electron chi connectivity index (χ0n) is 17.6. The number of hydrogen-bond acceptors (Lipinski definition) is 6. The molecule has 1 atom stereocenters. The minimum atomic E-state index is -0.164. The molecule has 9 heteroatoms. The number of imidazole rings is 1. The van der Waals surface area contributed by atoms with E-state index < -0.39 is 0 Å². The van der Waals surface area contributed by atoms with Gasteiger partial charge in [0.2, 0.25) is 5.65 Å². The number of carbonyl (C=O) groups is 1. The fourth-order valence-corrected chi connectivity index (χ4v) is 4.87. The number of amides is 1. The van der Waals surface area contributed by atoms with Gasteiger partial charge in [-0.2, -0.15) is 0 Å². The van der Waals surface area contributed by atoms with E-state index >= 15 is 0 Å². The van der Waals surface area contributed by atoms with Gasteiger partial charge in [0.1, 0.15) is 5.69 Å². The van der Waals surface area contributed by atoms with Crippen LogP contribution in [-0.4, -0.2) is 69.4 Å². The minimum Gasteiger partial charge on any atom is -0.370 e. The average molecular weight is 422 g/mol. The van der Waals surface area contributed by atoms with Gasteiger partial charge in [0, 0.05) is 62.9 Å². The average Bonchev–Trinajstić information content (AvgIpc) is 3.49. The SMILES string of the molecule is CNC(=O)c1ccc(N2CCC(N3CCC(c4cn5ccnc5c(=O)[nH]4)C3)CC2)cn1. The molecule has 0 radical (unpaired) electrons. The maximum atomic E-state index is 12.3. The quantitative estimate of drug-likeness (QED) is 0.658. The van der Waals surface area contributed by atoms with Gasteiger partial charge in [0.15, 0.2) is 0 Å². The molecule has 0 aromatic carbocycles. The Balaban J connectivity index is 1.19. The number of H-pyrrole nitrogens is 1. The molecule has 2 saturated heterocycles. The summed E-state index contributed by atoms with van der Waals surface area (Å²) < 4.78 is 1.82. The first-order chi connectivity index (χ1) is 15.1. The van der Waals surface area contributed by atoms with Crippen molar-refractivity contribution in [1.29, 1.82) is 0 Å². The van der Waals surface area contributed by atoms with Crippen LogP contribution >= 0.6 is 0 Å². The number of hydrogen-bond donors (Lipinski definition) is 2. The lowest BCUT2D eigenvalue weighted by Crippen LogP contribution is -2.44. The number of aromatic nitrogens is 4. The number of rotatable bonds is 4. The van der Waals surface area contributed by atoms with Crippen molar-refractivity contribution < 1.29 is 4.79 Å². The van der Waals surface area contributed by atoms with Crippen LogP contribution in [-0.2, 0) is 0 Å². The van der Waals surface area contributed by atoms with Crippen LogP contribution in [0.1, 0.15) is 41.4 Å². The van der Waals surface area contributed by atoms with E-state index in [0.29, 0.717) is 23.3 Å². The van der Waals surface area contributed by atoms with Crippen LogP contribution in [0, 0.1) is 0 Å². The third kappa shape index (κ3) is 3.81. The third-order valence-corrected chi connectivity index (χ3v) is 6.62. The maximum absolute atomic E-state index is 12.3. The van der Waals surface area contributed by atoms with Crippen LogP contribution in [0.15, 0.2) is 41.7 Å². The van der Waals surface area contributed by atoms with E-state index in [2.05, 4.69) is 30.1 Å². The number of nitrogens with zero attached hydrogens (tertiary/aromatic N) is 5. The Hall–Kier alpha value is -3.20. The summed E-state index contributed by atoms with van der Waals surface area (Å²) >= 11 is 0. The predicted octanol–water partition coefficient (Wildman–Crippen LogP) is 1.24. The van der Waals surface area contributed by atoms with Gasteiger partial charge < -0.3 is 19.6 Å². The number of pyridine rings is 1. The zero-order valence-corrected chi connectivity index (χ0v) is 17.6. The van der Waals surface area contributed by atoms with Crippen molar-refractivity contribution in [1.82, 2.24) is 29.6 Å². The van der Waals surface area contributed by atoms with Crippen LogP contribution in [0.4, 0.5) is 5.69 Å². The Morgan fingerprint density at radius 2 is 2.00 bits per heavy atom. The fourth-order valence-electron chi connectivity index (χ4n) is 4.87. The summed E-state index contributed by atoms with van der Waals surface area (Å²) in [4.78, 5) is 40.3. The second-order valence-electron chi connectivity index (χ2n) is 8.38. The molecule has 162 valence electrons. The van der Waals surface area contributed by atoms with Gasteiger partial charge in [-0.1, -0.05) is 0 Å². The first-order valence-electron chi connectivity index (χ1n) is 10.9. The van der Waals surface area contributed by atoms with Gasteiger partial charge in [-0.15, -0.1) is 0 Å². The molecule has 0 bridgehead atoms. The third-order valence-electron chi connectivity index (χ3n) is 6.62. The molecule has 2 aliphatic heterocycles. The molecular weight excluding hydrogens is 394 g/mol. The standard InChI is InChI=1S/C22H27N7O2/c1-23-21(30)18-3-2-17(12-25-18)27-9-5-16(6-10-27)28-8-4-15(13-28)19-14-29-11-7-24-20(29)22(31)26-19/h2-3,7,11-12,14-16H,4-6,8-10,13H2,1H3,(H,23,30)(H,26,31). The van der Waals surface area contributed by atoms with Crippen molar-refractivity contribution in [3.63, 3.8) is 0 Å². The molecule has 0 aliphatic carbocycles. The van der Waals surface area contributed by atoms with E-state index in [1.54, 1.807) is 25.5 Å². The number of nitrogens with one attached hydrogen (secondary N) is 2. The Bertz CT molecular complexity index is 1130. The highest BCUT2D eigenvalue weighted by atomic mass is 16.1. The van der Waals surface area contributed by atoms with Crippen LogP contribution in [0.2, 0.25) is 0 Å². The van der Waals surface area contributed by atoms with E-state index in [9.17, 15) is 9.59 Å². The van der Waals surface area contributed by atoms with Crippen LogP contribution in [0.5, 0.6) is 0 Å². The number of likely N-dealkylation sites (tertiary alicyclic amines) is 1. The van der Waals surface area contributed by atoms with Gasteiger partial charge >= 0.3 is 0 Å². The molecule has 31 heavy (non-hydrogen) atoms. The van der Waals surface area contributed by atoms with E-state index in [-0.39, 0.29) is 11.5 Å². The first-order valence-corrected chi connectivity index (χ1v) is 10.9. The highest BCUT2D eigenvalue weighted by Crippen LogP contribution is 2.30. The van der Waals surface area contributed by atoms with Crippen LogP contribution < -0.4 is 15.8 Å². The Morgan fingerprint density at radius 3 is 2.74 bits per heavy atom. The predicted molar refractivity (Wildman–Crippen MR) is 118 cm³/mol. The van der Waals surface area contributed by atoms with Gasteiger partial charge in [0.05, 0.1) is 11.9 Å². The fraction of sp³-hybridized carbons (Fsp3) is 0.455. The molecule has 5 heterocycles. The lowest BCUT2D eigenvalue weighted by molar-refractivity contribution is 0.0958. The van der Waals surface area contributed by atoms with Gasteiger partial charge in [0.25, 0.3) is 11.5 Å². The van der Waals surface area contributed by atoms with E-state index in [1.165, 1.54) is 0 Å². The van der Waals surface area contributed by atoms with Crippen molar-refractivity contribution in [2.45, 2.75) is 31.2 Å². The zero-order chi connectivity index (χ0) is 21.4. The van der Waals surface area contributed by atoms with Crippen LogP contribution in [0.3, 0.4) is 0 Å². The molecular formula is C22H27N7O2. The number of fused-ring (bicyclic) bond motifs is 1. The molecule has 0 spiro atoms. The molecule has 2 fully saturated rings. The summed E-state index contributed by atoms with van der Waals surface area (Å²) in [5.41, 5.74) is 2.83. The van der Waals surface area contributed by atoms with Gasteiger partial charge in [-0.3, -0.25) is 14.5 Å². The highest BCUT2D eigenvalue weighted by Gasteiger charge is 2.32. The molecule has 2 aliphatic rings. The number of anilines is 1. The summed E-state index contributed by atoms with van der Waals surface area (Å²) in [6.45, 7) is 3.99. The monoisotopic (exact) mass is 421 g/mol. The molecule has 1 amide bonds. The summed E-state index contributed by atoms with van der Waals surface area (Å²) in [5.74, 6) is 0.182. The van der Waals surface area contributed by atoms with Gasteiger partial charge in [-0.25, -0.2) is 9.97 Å². The van der Waals surface area contributed by atoms with Crippen molar-refractivity contribution in [2.75, 3.05) is 38.1 Å². The van der Waals surface area contributed by atoms with E-state index in [4.69, 9.17) is 0 Å². The molecule has 2 N–H and O–H groups in total. The normalized spacial score (nSPS) is 20.4. The summed E-state index contributed by atoms with van der Waals surface area (Å²) in [7, 11) is 1.61. The number of piperidine rings is 1. The topological polar surface area (TPSA) is 98.6 Å².